The molecular formula is C13H24N4O2. The van der Waals surface area contributed by atoms with Crippen molar-refractivity contribution in [3.8, 4) is 0 Å². The second-order valence-electron chi connectivity index (χ2n) is 4.98. The Kier molecular flexibility index (Phi) is 5.62. The van der Waals surface area contributed by atoms with E-state index in [1.54, 1.807) is 0 Å². The van der Waals surface area contributed by atoms with Gasteiger partial charge in [-0.2, -0.15) is 0 Å². The number of rotatable bonds is 3. The number of urea groups is 1. The molecule has 6 heteroatoms. The molecule has 6 nitrogen and oxygen atoms in total. The number of carbonyl (C=O) groups is 1. The van der Waals surface area contributed by atoms with Gasteiger partial charge < -0.3 is 20.7 Å². The van der Waals surface area contributed by atoms with Crippen LogP contribution in [-0.2, 0) is 4.74 Å². The fourth-order valence-electron chi connectivity index (χ4n) is 2.39. The standard InChI is InChI=1S/C13H24N4O2/c14-3-4-16-5-7-17(8-6-16)13(18)15-11-12-1-9-19-10-2-12/h11H,1-10,14H2,(H,15,18). The minimum Gasteiger partial charge on any atom is -0.381 e. The summed E-state index contributed by atoms with van der Waals surface area (Å²) in [5.74, 6) is 0. The average Bonchev–Trinajstić information content (AvgIpc) is 2.47. The lowest BCUT2D eigenvalue weighted by molar-refractivity contribution is 0.118. The van der Waals surface area contributed by atoms with E-state index in [2.05, 4.69) is 10.2 Å². The Morgan fingerprint density at radius 3 is 2.58 bits per heavy atom. The molecular weight excluding hydrogens is 244 g/mol. The average molecular weight is 268 g/mol. The molecule has 19 heavy (non-hydrogen) atoms. The number of hydrogen-bond donors (Lipinski definition) is 2. The van der Waals surface area contributed by atoms with E-state index < -0.39 is 0 Å². The summed E-state index contributed by atoms with van der Waals surface area (Å²) in [5, 5.41) is 2.90. The monoisotopic (exact) mass is 268 g/mol. The van der Waals surface area contributed by atoms with Gasteiger partial charge in [-0.1, -0.05) is 0 Å². The number of carbonyl (C=O) groups excluding carboxylic acids is 1. The third-order valence-electron chi connectivity index (χ3n) is 3.64. The molecule has 0 radical (unpaired) electrons. The van der Waals surface area contributed by atoms with Crippen molar-refractivity contribution in [1.29, 1.82) is 0 Å². The van der Waals surface area contributed by atoms with Crippen molar-refractivity contribution in [3.05, 3.63) is 11.8 Å². The number of hydrogen-bond acceptors (Lipinski definition) is 4. The highest BCUT2D eigenvalue weighted by Crippen LogP contribution is 2.12. The number of nitrogens with one attached hydrogen (secondary N) is 1. The van der Waals surface area contributed by atoms with Crippen LogP contribution in [0.4, 0.5) is 4.79 Å². The van der Waals surface area contributed by atoms with Gasteiger partial charge in [0.2, 0.25) is 0 Å². The molecule has 2 amide bonds. The molecule has 0 unspecified atom stereocenters. The molecule has 0 atom stereocenters. The van der Waals surface area contributed by atoms with E-state index in [4.69, 9.17) is 10.5 Å². The second-order valence-corrected chi connectivity index (χ2v) is 4.98. The molecule has 3 N–H and O–H groups in total. The highest BCUT2D eigenvalue weighted by atomic mass is 16.5. The molecule has 0 aromatic rings. The van der Waals surface area contributed by atoms with Gasteiger partial charge in [-0.05, 0) is 18.4 Å². The molecule has 0 bridgehead atoms. The molecule has 0 spiro atoms. The second kappa shape index (κ2) is 7.47. The maximum absolute atomic E-state index is 12.0. The van der Waals surface area contributed by atoms with Gasteiger partial charge in [-0.15, -0.1) is 0 Å². The van der Waals surface area contributed by atoms with Crippen LogP contribution in [0.1, 0.15) is 12.8 Å². The van der Waals surface area contributed by atoms with Crippen LogP contribution in [0.25, 0.3) is 0 Å². The number of amides is 2. The third kappa shape index (κ3) is 4.49. The predicted octanol–water partition coefficient (Wildman–Crippen LogP) is -0.0334. The zero-order chi connectivity index (χ0) is 13.5. The van der Waals surface area contributed by atoms with Crippen molar-refractivity contribution in [2.24, 2.45) is 5.73 Å². The molecule has 108 valence electrons. The summed E-state index contributed by atoms with van der Waals surface area (Å²) in [6.07, 6.45) is 3.70. The van der Waals surface area contributed by atoms with Gasteiger partial charge in [0, 0.05) is 45.5 Å². The van der Waals surface area contributed by atoms with Crippen LogP contribution in [0.3, 0.4) is 0 Å². The molecule has 2 heterocycles. The Morgan fingerprint density at radius 1 is 1.26 bits per heavy atom. The van der Waals surface area contributed by atoms with Gasteiger partial charge in [-0.25, -0.2) is 4.79 Å². The summed E-state index contributed by atoms with van der Waals surface area (Å²) in [6, 6.07) is 0.00592. The Morgan fingerprint density at radius 2 is 1.95 bits per heavy atom. The maximum Gasteiger partial charge on any atom is 0.321 e. The van der Waals surface area contributed by atoms with Crippen molar-refractivity contribution < 1.29 is 9.53 Å². The van der Waals surface area contributed by atoms with Crippen molar-refractivity contribution in [2.45, 2.75) is 12.8 Å². The number of nitrogens with two attached hydrogens (primary N) is 1. The van der Waals surface area contributed by atoms with Crippen LogP contribution in [0.5, 0.6) is 0 Å². The first-order valence-electron chi connectivity index (χ1n) is 7.03. The number of piperazine rings is 1. The zero-order valence-corrected chi connectivity index (χ0v) is 11.4. The van der Waals surface area contributed by atoms with E-state index in [1.807, 2.05) is 11.1 Å². The van der Waals surface area contributed by atoms with Crippen LogP contribution in [0.2, 0.25) is 0 Å². The van der Waals surface area contributed by atoms with Gasteiger partial charge in [0.15, 0.2) is 0 Å². The van der Waals surface area contributed by atoms with Crippen molar-refractivity contribution in [1.82, 2.24) is 15.1 Å². The van der Waals surface area contributed by atoms with E-state index in [9.17, 15) is 4.79 Å². The van der Waals surface area contributed by atoms with E-state index in [0.29, 0.717) is 6.54 Å². The van der Waals surface area contributed by atoms with Crippen LogP contribution in [-0.4, -0.2) is 68.3 Å². The molecule has 2 fully saturated rings. The quantitative estimate of drug-likeness (QED) is 0.754. The number of nitrogens with zero attached hydrogens (tertiary/aromatic N) is 2. The van der Waals surface area contributed by atoms with Crippen LogP contribution in [0.15, 0.2) is 11.8 Å². The maximum atomic E-state index is 12.0. The van der Waals surface area contributed by atoms with Crippen LogP contribution >= 0.6 is 0 Å². The molecule has 0 aromatic carbocycles. The molecule has 0 aromatic heterocycles. The van der Waals surface area contributed by atoms with E-state index >= 15 is 0 Å². The number of ether oxygens (including phenoxy) is 1. The molecule has 2 aliphatic rings. The van der Waals surface area contributed by atoms with Gasteiger partial charge in [0.25, 0.3) is 0 Å². The van der Waals surface area contributed by atoms with E-state index in [-0.39, 0.29) is 6.03 Å². The molecule has 0 aliphatic carbocycles. The first-order chi connectivity index (χ1) is 9.29. The van der Waals surface area contributed by atoms with Gasteiger partial charge >= 0.3 is 6.03 Å². The molecule has 2 saturated heterocycles. The Balaban J connectivity index is 1.72. The molecule has 2 aliphatic heterocycles. The van der Waals surface area contributed by atoms with E-state index in [1.165, 1.54) is 5.57 Å². The fraction of sp³-hybridized carbons (Fsp3) is 0.769. The minimum absolute atomic E-state index is 0.00592. The van der Waals surface area contributed by atoms with Crippen molar-refractivity contribution >= 4 is 6.03 Å². The summed E-state index contributed by atoms with van der Waals surface area (Å²) in [6.45, 7) is 6.50. The third-order valence-corrected chi connectivity index (χ3v) is 3.64. The lowest BCUT2D eigenvalue weighted by Crippen LogP contribution is -2.51. The summed E-state index contributed by atoms with van der Waals surface area (Å²) in [5.41, 5.74) is 6.80. The topological polar surface area (TPSA) is 70.8 Å². The Labute approximate surface area is 114 Å². The lowest BCUT2D eigenvalue weighted by Gasteiger charge is -2.34. The smallest absolute Gasteiger partial charge is 0.321 e. The van der Waals surface area contributed by atoms with Gasteiger partial charge in [0.1, 0.15) is 0 Å². The van der Waals surface area contributed by atoms with Crippen molar-refractivity contribution in [3.63, 3.8) is 0 Å². The predicted molar refractivity (Wildman–Crippen MR) is 73.7 cm³/mol. The highest BCUT2D eigenvalue weighted by Gasteiger charge is 2.19. The van der Waals surface area contributed by atoms with Crippen LogP contribution in [0, 0.1) is 0 Å². The van der Waals surface area contributed by atoms with Crippen molar-refractivity contribution in [2.75, 3.05) is 52.5 Å². The SMILES string of the molecule is NCCN1CCN(C(=O)NC=C2CCOCC2)CC1. The van der Waals surface area contributed by atoms with E-state index in [0.717, 1.165) is 58.8 Å². The summed E-state index contributed by atoms with van der Waals surface area (Å²) < 4.78 is 5.28. The first kappa shape index (κ1) is 14.3. The first-order valence-corrected chi connectivity index (χ1v) is 7.03. The Hall–Kier alpha value is -1.11. The Bertz CT molecular complexity index is 317. The highest BCUT2D eigenvalue weighted by molar-refractivity contribution is 5.75. The molecule has 0 saturated carbocycles. The van der Waals surface area contributed by atoms with Gasteiger partial charge in [0.05, 0.1) is 13.2 Å². The largest absolute Gasteiger partial charge is 0.381 e. The summed E-state index contributed by atoms with van der Waals surface area (Å²) in [7, 11) is 0. The fourth-order valence-corrected chi connectivity index (χ4v) is 2.39. The van der Waals surface area contributed by atoms with Gasteiger partial charge in [-0.3, -0.25) is 4.90 Å². The lowest BCUT2D eigenvalue weighted by atomic mass is 10.1. The molecule has 2 rings (SSSR count). The minimum atomic E-state index is 0.00592. The summed E-state index contributed by atoms with van der Waals surface area (Å²) in [4.78, 5) is 16.2. The zero-order valence-electron chi connectivity index (χ0n) is 11.4. The normalized spacial score (nSPS) is 21.3. The van der Waals surface area contributed by atoms with Crippen LogP contribution < -0.4 is 11.1 Å². The summed E-state index contributed by atoms with van der Waals surface area (Å²) >= 11 is 0.